The lowest BCUT2D eigenvalue weighted by Gasteiger charge is -2.18. The van der Waals surface area contributed by atoms with E-state index in [2.05, 4.69) is 4.72 Å². The zero-order chi connectivity index (χ0) is 23.9. The highest BCUT2D eigenvalue weighted by atomic mass is 35.5. The molecule has 0 atom stereocenters. The maximum Gasteiger partial charge on any atom is 0.261 e. The average Bonchev–Trinajstić information content (AvgIpc) is 2.85. The molecule has 2 N–H and O–H groups in total. The number of nitrogens with one attached hydrogen (secondary N) is 1. The van der Waals surface area contributed by atoms with Gasteiger partial charge in [-0.05, 0) is 47.2 Å². The minimum atomic E-state index is -3.91. The second-order valence-corrected chi connectivity index (χ2v) is 9.91. The molecule has 0 spiro atoms. The van der Waals surface area contributed by atoms with Crippen LogP contribution in [0, 0.1) is 0 Å². The van der Waals surface area contributed by atoms with Gasteiger partial charge in [0.1, 0.15) is 11.5 Å². The van der Waals surface area contributed by atoms with Crippen molar-refractivity contribution < 1.29 is 18.3 Å². The number of ether oxygens (including phenoxy) is 1. The number of sulfonamides is 1. The Morgan fingerprint density at radius 1 is 0.824 bits per heavy atom. The molecule has 0 aliphatic heterocycles. The van der Waals surface area contributed by atoms with Gasteiger partial charge >= 0.3 is 0 Å². The molecule has 5 nitrogen and oxygen atoms in total. The van der Waals surface area contributed by atoms with Crippen LogP contribution in [0.3, 0.4) is 0 Å². The number of phenolic OH excluding ortho intramolecular Hbond substituents is 1. The van der Waals surface area contributed by atoms with E-state index in [1.165, 1.54) is 24.3 Å². The Hall–Kier alpha value is -3.74. The van der Waals surface area contributed by atoms with E-state index < -0.39 is 10.0 Å². The Bertz CT molecular complexity index is 1650. The molecule has 0 aromatic heterocycles. The fourth-order valence-electron chi connectivity index (χ4n) is 4.15. The van der Waals surface area contributed by atoms with E-state index in [4.69, 9.17) is 16.3 Å². The molecule has 5 rings (SSSR count). The molecule has 0 fully saturated rings. The molecule has 0 aliphatic carbocycles. The fourth-order valence-corrected chi connectivity index (χ4v) is 5.35. The van der Waals surface area contributed by atoms with Gasteiger partial charge in [0.25, 0.3) is 10.0 Å². The molecule has 0 radical (unpaired) electrons. The van der Waals surface area contributed by atoms with Crippen molar-refractivity contribution in [3.05, 3.63) is 96.0 Å². The first-order chi connectivity index (χ1) is 16.4. The SMILES string of the molecule is COc1ccc2ccccc2c1-c1cc(NS(=O)(=O)c2ccc(Cl)cc2)c2ccccc2c1O. The molecular weight excluding hydrogens is 470 g/mol. The highest BCUT2D eigenvalue weighted by molar-refractivity contribution is 7.92. The van der Waals surface area contributed by atoms with Gasteiger partial charge in [-0.15, -0.1) is 0 Å². The average molecular weight is 490 g/mol. The zero-order valence-corrected chi connectivity index (χ0v) is 19.7. The lowest BCUT2D eigenvalue weighted by molar-refractivity contribution is 0.416. The van der Waals surface area contributed by atoms with Gasteiger partial charge in [0.15, 0.2) is 0 Å². The summed E-state index contributed by atoms with van der Waals surface area (Å²) in [5.41, 5.74) is 1.48. The largest absolute Gasteiger partial charge is 0.507 e. The number of methoxy groups -OCH3 is 1. The van der Waals surface area contributed by atoms with E-state index in [0.717, 1.165) is 10.8 Å². The number of aromatic hydroxyl groups is 1. The molecule has 0 aliphatic rings. The molecule has 5 aromatic carbocycles. The van der Waals surface area contributed by atoms with E-state index >= 15 is 0 Å². The third kappa shape index (κ3) is 3.81. The van der Waals surface area contributed by atoms with Crippen LogP contribution in [0.1, 0.15) is 0 Å². The molecule has 0 heterocycles. The first-order valence-electron chi connectivity index (χ1n) is 10.5. The topological polar surface area (TPSA) is 75.6 Å². The second-order valence-electron chi connectivity index (χ2n) is 7.79. The summed E-state index contributed by atoms with van der Waals surface area (Å²) in [7, 11) is -2.35. The number of phenols is 1. The summed E-state index contributed by atoms with van der Waals surface area (Å²) in [6.07, 6.45) is 0. The third-order valence-corrected chi connectivity index (χ3v) is 7.40. The number of rotatable bonds is 5. The second kappa shape index (κ2) is 8.56. The summed E-state index contributed by atoms with van der Waals surface area (Å²) in [6.45, 7) is 0. The number of anilines is 1. The molecule has 0 unspecified atom stereocenters. The van der Waals surface area contributed by atoms with Crippen molar-refractivity contribution in [3.8, 4) is 22.6 Å². The smallest absolute Gasteiger partial charge is 0.261 e. The number of hydrogen-bond acceptors (Lipinski definition) is 4. The highest BCUT2D eigenvalue weighted by Crippen LogP contribution is 2.46. The Morgan fingerprint density at radius 3 is 2.18 bits per heavy atom. The van der Waals surface area contributed by atoms with Crippen molar-refractivity contribution in [2.75, 3.05) is 11.8 Å². The van der Waals surface area contributed by atoms with Gasteiger partial charge in [0, 0.05) is 26.9 Å². The van der Waals surface area contributed by atoms with E-state index in [0.29, 0.717) is 38.4 Å². The van der Waals surface area contributed by atoms with Gasteiger partial charge in [0.2, 0.25) is 0 Å². The van der Waals surface area contributed by atoms with E-state index in [1.54, 1.807) is 37.4 Å². The van der Waals surface area contributed by atoms with Crippen LogP contribution in [0.5, 0.6) is 11.5 Å². The summed E-state index contributed by atoms with van der Waals surface area (Å²) < 4.78 is 34.7. The molecule has 34 heavy (non-hydrogen) atoms. The van der Waals surface area contributed by atoms with Gasteiger partial charge in [-0.3, -0.25) is 4.72 Å². The number of halogens is 1. The number of fused-ring (bicyclic) bond motifs is 2. The van der Waals surface area contributed by atoms with Gasteiger partial charge < -0.3 is 9.84 Å². The molecular formula is C27H20ClNO4S. The van der Waals surface area contributed by atoms with Crippen LogP contribution in [0.2, 0.25) is 5.02 Å². The molecule has 0 amide bonds. The van der Waals surface area contributed by atoms with Crippen LogP contribution in [0.4, 0.5) is 5.69 Å². The van der Waals surface area contributed by atoms with Gasteiger partial charge in [-0.25, -0.2) is 8.42 Å². The van der Waals surface area contributed by atoms with Gasteiger partial charge in [-0.1, -0.05) is 66.2 Å². The van der Waals surface area contributed by atoms with Crippen LogP contribution >= 0.6 is 11.6 Å². The quantitative estimate of drug-likeness (QED) is 0.265. The summed E-state index contributed by atoms with van der Waals surface area (Å²) >= 11 is 5.93. The summed E-state index contributed by atoms with van der Waals surface area (Å²) in [5, 5.41) is 14.7. The van der Waals surface area contributed by atoms with Crippen molar-refractivity contribution in [1.82, 2.24) is 0 Å². The normalized spacial score (nSPS) is 11.6. The van der Waals surface area contributed by atoms with Crippen molar-refractivity contribution in [1.29, 1.82) is 0 Å². The van der Waals surface area contributed by atoms with Crippen LogP contribution in [-0.2, 0) is 10.0 Å². The number of benzene rings is 5. The van der Waals surface area contributed by atoms with Crippen molar-refractivity contribution in [3.63, 3.8) is 0 Å². The maximum absolute atomic E-state index is 13.2. The Labute approximate surface area is 202 Å². The molecule has 5 aromatic rings. The first-order valence-corrected chi connectivity index (χ1v) is 12.3. The van der Waals surface area contributed by atoms with Crippen molar-refractivity contribution >= 4 is 48.9 Å². The minimum absolute atomic E-state index is 0.0414. The molecule has 0 saturated carbocycles. The summed E-state index contributed by atoms with van der Waals surface area (Å²) in [5.74, 6) is 0.607. The first kappa shape index (κ1) is 22.1. The van der Waals surface area contributed by atoms with Crippen LogP contribution in [0.15, 0.2) is 95.9 Å². The third-order valence-electron chi connectivity index (χ3n) is 5.76. The van der Waals surface area contributed by atoms with Gasteiger partial charge in [0.05, 0.1) is 17.7 Å². The molecule has 0 saturated heterocycles. The van der Waals surface area contributed by atoms with Crippen LogP contribution in [-0.4, -0.2) is 20.6 Å². The maximum atomic E-state index is 13.2. The van der Waals surface area contributed by atoms with Gasteiger partial charge in [-0.2, -0.15) is 0 Å². The predicted molar refractivity (Wildman–Crippen MR) is 137 cm³/mol. The standard InChI is InChI=1S/C27H20ClNO4S/c1-33-25-15-10-17-6-2-3-7-20(17)26(25)23-16-24(21-8-4-5-9-22(21)27(23)30)29-34(31,32)19-13-11-18(28)12-14-19/h2-16,29-30H,1H3. The molecule has 7 heteroatoms. The lowest BCUT2D eigenvalue weighted by atomic mass is 9.93. The minimum Gasteiger partial charge on any atom is -0.507 e. The molecule has 170 valence electrons. The summed E-state index contributed by atoms with van der Waals surface area (Å²) in [4.78, 5) is 0.0818. The van der Waals surface area contributed by atoms with E-state index in [1.807, 2.05) is 36.4 Å². The van der Waals surface area contributed by atoms with Crippen LogP contribution < -0.4 is 9.46 Å². The zero-order valence-electron chi connectivity index (χ0n) is 18.1. The van der Waals surface area contributed by atoms with Crippen molar-refractivity contribution in [2.45, 2.75) is 4.90 Å². The summed E-state index contributed by atoms with van der Waals surface area (Å²) in [6, 6.07) is 26.2. The van der Waals surface area contributed by atoms with E-state index in [-0.39, 0.29) is 10.6 Å². The Balaban J connectivity index is 1.78. The monoisotopic (exact) mass is 489 g/mol. The molecule has 0 bridgehead atoms. The van der Waals surface area contributed by atoms with Crippen molar-refractivity contribution in [2.24, 2.45) is 0 Å². The lowest BCUT2D eigenvalue weighted by Crippen LogP contribution is -2.13. The number of hydrogen-bond donors (Lipinski definition) is 2. The predicted octanol–water partition coefficient (Wildman–Crippen LogP) is 6.83. The fraction of sp³-hybridized carbons (Fsp3) is 0.0370. The van der Waals surface area contributed by atoms with Crippen LogP contribution in [0.25, 0.3) is 32.7 Å². The Kier molecular flexibility index (Phi) is 5.55. The highest BCUT2D eigenvalue weighted by Gasteiger charge is 2.21. The Morgan fingerprint density at radius 2 is 1.47 bits per heavy atom. The van der Waals surface area contributed by atoms with E-state index in [9.17, 15) is 13.5 Å².